The first-order valence-corrected chi connectivity index (χ1v) is 9.87. The largest absolute Gasteiger partial charge is 0.383 e. The SMILES string of the molecule is CC1CCN(c2nc(N)c(C(=S)Nc3ccc4ccccc4c3)c(=O)[nH]2)CC1. The number of aromatic nitrogens is 2. The average molecular weight is 394 g/mol. The number of piperidine rings is 1. The second-order valence-electron chi connectivity index (χ2n) is 7.34. The number of hydrogen-bond acceptors (Lipinski definition) is 5. The molecule has 1 saturated heterocycles. The summed E-state index contributed by atoms with van der Waals surface area (Å²) in [6.45, 7) is 3.97. The van der Waals surface area contributed by atoms with Crippen LogP contribution in [0, 0.1) is 5.92 Å². The number of H-pyrrole nitrogens is 1. The van der Waals surface area contributed by atoms with Crippen molar-refractivity contribution in [3.05, 3.63) is 58.4 Å². The van der Waals surface area contributed by atoms with Gasteiger partial charge in [0.2, 0.25) is 5.95 Å². The van der Waals surface area contributed by atoms with E-state index in [4.69, 9.17) is 18.0 Å². The molecule has 0 spiro atoms. The van der Waals surface area contributed by atoms with Crippen molar-refractivity contribution in [2.45, 2.75) is 19.8 Å². The fourth-order valence-corrected chi connectivity index (χ4v) is 3.84. The Balaban J connectivity index is 1.57. The Morgan fingerprint density at radius 1 is 1.21 bits per heavy atom. The Labute approximate surface area is 168 Å². The van der Waals surface area contributed by atoms with Gasteiger partial charge in [0.05, 0.1) is 0 Å². The number of thiocarbonyl (C=S) groups is 1. The highest BCUT2D eigenvalue weighted by molar-refractivity contribution is 7.81. The predicted molar refractivity (Wildman–Crippen MR) is 119 cm³/mol. The minimum atomic E-state index is -0.320. The molecule has 7 heteroatoms. The van der Waals surface area contributed by atoms with E-state index < -0.39 is 0 Å². The Hall–Kier alpha value is -2.93. The lowest BCUT2D eigenvalue weighted by atomic mass is 10.00. The van der Waals surface area contributed by atoms with E-state index in [1.54, 1.807) is 0 Å². The monoisotopic (exact) mass is 393 g/mol. The van der Waals surface area contributed by atoms with Crippen molar-refractivity contribution >= 4 is 45.4 Å². The molecule has 1 aliphatic heterocycles. The summed E-state index contributed by atoms with van der Waals surface area (Å²) in [5.41, 5.74) is 6.80. The molecule has 4 N–H and O–H groups in total. The summed E-state index contributed by atoms with van der Waals surface area (Å²) >= 11 is 5.45. The molecule has 0 radical (unpaired) electrons. The predicted octanol–water partition coefficient (Wildman–Crippen LogP) is 3.53. The molecule has 0 saturated carbocycles. The number of anilines is 3. The minimum absolute atomic E-state index is 0.149. The lowest BCUT2D eigenvalue weighted by molar-refractivity contribution is 0.434. The van der Waals surface area contributed by atoms with Crippen molar-refractivity contribution in [2.24, 2.45) is 5.92 Å². The summed E-state index contributed by atoms with van der Waals surface area (Å²) in [6, 6.07) is 14.0. The Bertz CT molecular complexity index is 1090. The molecule has 1 aliphatic rings. The van der Waals surface area contributed by atoms with Crippen LogP contribution in [0.1, 0.15) is 25.3 Å². The van der Waals surface area contributed by atoms with Gasteiger partial charge in [0.1, 0.15) is 16.4 Å². The topological polar surface area (TPSA) is 87.0 Å². The zero-order valence-electron chi connectivity index (χ0n) is 15.7. The van der Waals surface area contributed by atoms with Gasteiger partial charge in [0.25, 0.3) is 5.56 Å². The highest BCUT2D eigenvalue weighted by Crippen LogP contribution is 2.22. The van der Waals surface area contributed by atoms with E-state index in [0.717, 1.165) is 42.4 Å². The molecule has 28 heavy (non-hydrogen) atoms. The van der Waals surface area contributed by atoms with Crippen molar-refractivity contribution in [3.8, 4) is 0 Å². The maximum absolute atomic E-state index is 12.7. The molecular formula is C21H23N5OS. The summed E-state index contributed by atoms with van der Waals surface area (Å²) in [6.07, 6.45) is 2.15. The van der Waals surface area contributed by atoms with E-state index in [2.05, 4.69) is 27.1 Å². The molecule has 0 bridgehead atoms. The Morgan fingerprint density at radius 2 is 1.93 bits per heavy atom. The van der Waals surface area contributed by atoms with Gasteiger partial charge in [-0.3, -0.25) is 9.78 Å². The zero-order valence-corrected chi connectivity index (χ0v) is 16.6. The number of benzene rings is 2. The van der Waals surface area contributed by atoms with Crippen LogP contribution in [0.5, 0.6) is 0 Å². The minimum Gasteiger partial charge on any atom is -0.383 e. The van der Waals surface area contributed by atoms with Gasteiger partial charge in [-0.25, -0.2) is 0 Å². The smallest absolute Gasteiger partial charge is 0.264 e. The van der Waals surface area contributed by atoms with Crippen LogP contribution in [0.2, 0.25) is 0 Å². The highest BCUT2D eigenvalue weighted by Gasteiger charge is 2.21. The van der Waals surface area contributed by atoms with Crippen LogP contribution in [0.3, 0.4) is 0 Å². The third-order valence-corrected chi connectivity index (χ3v) is 5.56. The van der Waals surface area contributed by atoms with E-state index in [0.29, 0.717) is 11.9 Å². The summed E-state index contributed by atoms with van der Waals surface area (Å²) in [7, 11) is 0. The summed E-state index contributed by atoms with van der Waals surface area (Å²) in [5.74, 6) is 1.36. The van der Waals surface area contributed by atoms with Crippen LogP contribution in [0.15, 0.2) is 47.3 Å². The van der Waals surface area contributed by atoms with Crippen LogP contribution in [0.25, 0.3) is 10.8 Å². The molecule has 2 aromatic carbocycles. The lowest BCUT2D eigenvalue weighted by Crippen LogP contribution is -2.36. The first-order chi connectivity index (χ1) is 13.5. The Morgan fingerprint density at radius 3 is 2.64 bits per heavy atom. The second kappa shape index (κ2) is 7.59. The molecule has 1 fully saturated rings. The molecule has 0 unspecified atom stereocenters. The normalized spacial score (nSPS) is 15.0. The molecule has 6 nitrogen and oxygen atoms in total. The van der Waals surface area contributed by atoms with Gasteiger partial charge in [0, 0.05) is 18.8 Å². The number of nitrogen functional groups attached to an aromatic ring is 1. The van der Waals surface area contributed by atoms with Gasteiger partial charge in [0.15, 0.2) is 0 Å². The van der Waals surface area contributed by atoms with Gasteiger partial charge in [-0.05, 0) is 41.7 Å². The fraction of sp³-hybridized carbons (Fsp3) is 0.286. The van der Waals surface area contributed by atoms with E-state index in [-0.39, 0.29) is 21.9 Å². The van der Waals surface area contributed by atoms with E-state index in [1.165, 1.54) is 0 Å². The summed E-state index contributed by atoms with van der Waals surface area (Å²) in [4.78, 5) is 22.3. The van der Waals surface area contributed by atoms with Gasteiger partial charge in [-0.1, -0.05) is 49.5 Å². The maximum atomic E-state index is 12.7. The third kappa shape index (κ3) is 3.71. The van der Waals surface area contributed by atoms with Gasteiger partial charge in [-0.2, -0.15) is 4.98 Å². The van der Waals surface area contributed by atoms with Crippen LogP contribution < -0.4 is 21.5 Å². The molecule has 2 heterocycles. The average Bonchev–Trinajstić information content (AvgIpc) is 2.68. The van der Waals surface area contributed by atoms with E-state index in [1.807, 2.05) is 42.5 Å². The third-order valence-electron chi connectivity index (χ3n) is 5.25. The summed E-state index contributed by atoms with van der Waals surface area (Å²) < 4.78 is 0. The number of rotatable bonds is 3. The van der Waals surface area contributed by atoms with Gasteiger partial charge >= 0.3 is 0 Å². The van der Waals surface area contributed by atoms with E-state index in [9.17, 15) is 4.79 Å². The molecule has 0 aliphatic carbocycles. The van der Waals surface area contributed by atoms with Gasteiger partial charge in [-0.15, -0.1) is 0 Å². The van der Waals surface area contributed by atoms with Crippen molar-refractivity contribution in [2.75, 3.05) is 29.0 Å². The number of nitrogens with zero attached hydrogens (tertiary/aromatic N) is 2. The number of hydrogen-bond donors (Lipinski definition) is 3. The van der Waals surface area contributed by atoms with Gasteiger partial charge < -0.3 is 16.0 Å². The molecule has 3 aromatic rings. The van der Waals surface area contributed by atoms with Crippen molar-refractivity contribution < 1.29 is 0 Å². The number of aromatic amines is 1. The number of fused-ring (bicyclic) bond motifs is 1. The second-order valence-corrected chi connectivity index (χ2v) is 7.74. The van der Waals surface area contributed by atoms with Crippen LogP contribution in [-0.4, -0.2) is 28.0 Å². The molecule has 0 amide bonds. The fourth-order valence-electron chi connectivity index (χ4n) is 3.53. The highest BCUT2D eigenvalue weighted by atomic mass is 32.1. The van der Waals surface area contributed by atoms with Crippen molar-refractivity contribution in [1.29, 1.82) is 0 Å². The standard InChI is InChI=1S/C21H23N5OS/c1-13-8-10-26(11-9-13)21-24-18(22)17(19(27)25-21)20(28)23-16-7-6-14-4-2-3-5-15(14)12-16/h2-7,12-13H,8-11H2,1H3,(H,23,28)(H3,22,24,25,27). The Kier molecular flexibility index (Phi) is 5.00. The molecular weight excluding hydrogens is 370 g/mol. The molecule has 0 atom stereocenters. The van der Waals surface area contributed by atoms with Crippen LogP contribution in [-0.2, 0) is 0 Å². The number of nitrogens with one attached hydrogen (secondary N) is 2. The first-order valence-electron chi connectivity index (χ1n) is 9.46. The maximum Gasteiger partial charge on any atom is 0.264 e. The molecule has 1 aromatic heterocycles. The number of nitrogens with two attached hydrogens (primary N) is 1. The van der Waals surface area contributed by atoms with Crippen LogP contribution >= 0.6 is 12.2 Å². The lowest BCUT2D eigenvalue weighted by Gasteiger charge is -2.30. The molecule has 144 valence electrons. The summed E-state index contributed by atoms with van der Waals surface area (Å²) in [5, 5.41) is 5.34. The van der Waals surface area contributed by atoms with Crippen molar-refractivity contribution in [3.63, 3.8) is 0 Å². The molecule has 4 rings (SSSR count). The van der Waals surface area contributed by atoms with Crippen molar-refractivity contribution in [1.82, 2.24) is 9.97 Å². The van der Waals surface area contributed by atoms with Crippen LogP contribution in [0.4, 0.5) is 17.5 Å². The first kappa shape index (κ1) is 18.4. The zero-order chi connectivity index (χ0) is 19.7. The van der Waals surface area contributed by atoms with E-state index >= 15 is 0 Å². The quantitative estimate of drug-likeness (QED) is 0.590.